The first-order valence-corrected chi connectivity index (χ1v) is 9.47. The highest BCUT2D eigenvalue weighted by molar-refractivity contribution is 5.79. The molecule has 1 heterocycles. The smallest absolute Gasteiger partial charge is 0.191 e. The van der Waals surface area contributed by atoms with Crippen molar-refractivity contribution in [1.29, 1.82) is 0 Å². The van der Waals surface area contributed by atoms with Gasteiger partial charge in [0.05, 0.1) is 6.20 Å². The van der Waals surface area contributed by atoms with Gasteiger partial charge in [0.25, 0.3) is 0 Å². The Hall–Kier alpha value is -2.30. The van der Waals surface area contributed by atoms with E-state index >= 15 is 0 Å². The maximum atomic E-state index is 4.69. The van der Waals surface area contributed by atoms with Crippen molar-refractivity contribution in [1.82, 2.24) is 20.4 Å². The Labute approximate surface area is 157 Å². The van der Waals surface area contributed by atoms with Crippen molar-refractivity contribution in [3.05, 3.63) is 53.3 Å². The second-order valence-electron chi connectivity index (χ2n) is 7.66. The molecule has 1 aromatic heterocycles. The predicted molar refractivity (Wildman–Crippen MR) is 110 cm³/mol. The molecule has 0 aliphatic rings. The van der Waals surface area contributed by atoms with E-state index in [1.165, 1.54) is 16.7 Å². The van der Waals surface area contributed by atoms with Crippen LogP contribution in [0.1, 0.15) is 44.4 Å². The number of benzene rings is 1. The van der Waals surface area contributed by atoms with Gasteiger partial charge in [-0.15, -0.1) is 0 Å². The first-order valence-electron chi connectivity index (χ1n) is 9.47. The topological polar surface area (TPSA) is 54.2 Å². The standard InChI is InChI=1S/C21H33N5/c1-6-22-20(24-14-12-18-15-25-26(5)16-18)23-13-11-17-7-9-19(10-8-17)21(2,3)4/h7-10,15-16H,6,11-14H2,1-5H3,(H2,22,23,24). The van der Waals surface area contributed by atoms with Crippen LogP contribution in [0.15, 0.2) is 41.7 Å². The van der Waals surface area contributed by atoms with Crippen LogP contribution in [0.4, 0.5) is 0 Å². The van der Waals surface area contributed by atoms with Gasteiger partial charge in [-0.25, -0.2) is 0 Å². The Bertz CT molecular complexity index is 692. The molecule has 0 aliphatic carbocycles. The minimum absolute atomic E-state index is 0.201. The molecule has 0 atom stereocenters. The quantitative estimate of drug-likeness (QED) is 0.593. The highest BCUT2D eigenvalue weighted by Gasteiger charge is 2.12. The fourth-order valence-electron chi connectivity index (χ4n) is 2.74. The molecular formula is C21H33N5. The minimum atomic E-state index is 0.201. The molecule has 2 N–H and O–H groups in total. The highest BCUT2D eigenvalue weighted by Crippen LogP contribution is 2.22. The fraction of sp³-hybridized carbons (Fsp3) is 0.524. The molecule has 142 valence electrons. The lowest BCUT2D eigenvalue weighted by Crippen LogP contribution is -2.38. The number of nitrogens with one attached hydrogen (secondary N) is 2. The number of hydrogen-bond acceptors (Lipinski definition) is 2. The van der Waals surface area contributed by atoms with Crippen molar-refractivity contribution in [2.75, 3.05) is 19.6 Å². The summed E-state index contributed by atoms with van der Waals surface area (Å²) in [6.45, 7) is 11.3. The summed E-state index contributed by atoms with van der Waals surface area (Å²) in [7, 11) is 1.94. The van der Waals surface area contributed by atoms with E-state index in [-0.39, 0.29) is 5.41 Å². The molecule has 0 amide bonds. The van der Waals surface area contributed by atoms with Gasteiger partial charge in [0.1, 0.15) is 0 Å². The zero-order valence-corrected chi connectivity index (χ0v) is 16.8. The summed E-state index contributed by atoms with van der Waals surface area (Å²) in [4.78, 5) is 4.69. The number of guanidine groups is 1. The SMILES string of the molecule is CCNC(=NCCc1ccc(C(C)(C)C)cc1)NCCc1cnn(C)c1. The van der Waals surface area contributed by atoms with Gasteiger partial charge in [-0.2, -0.15) is 5.10 Å². The van der Waals surface area contributed by atoms with E-state index in [4.69, 9.17) is 0 Å². The van der Waals surface area contributed by atoms with Crippen molar-refractivity contribution in [3.63, 3.8) is 0 Å². The zero-order chi connectivity index (χ0) is 19.0. The van der Waals surface area contributed by atoms with Crippen LogP contribution in [-0.4, -0.2) is 35.4 Å². The normalized spacial score (nSPS) is 12.3. The average Bonchev–Trinajstić information content (AvgIpc) is 3.00. The van der Waals surface area contributed by atoms with Crippen molar-refractivity contribution in [2.24, 2.45) is 12.0 Å². The first kappa shape index (κ1) is 20.0. The molecular weight excluding hydrogens is 322 g/mol. The van der Waals surface area contributed by atoms with Gasteiger partial charge in [0.2, 0.25) is 0 Å². The van der Waals surface area contributed by atoms with Crippen molar-refractivity contribution in [2.45, 2.75) is 46.0 Å². The third kappa shape index (κ3) is 6.54. The fourth-order valence-corrected chi connectivity index (χ4v) is 2.74. The maximum Gasteiger partial charge on any atom is 0.191 e. The van der Waals surface area contributed by atoms with Gasteiger partial charge in [0, 0.05) is 32.9 Å². The molecule has 0 unspecified atom stereocenters. The average molecular weight is 356 g/mol. The molecule has 26 heavy (non-hydrogen) atoms. The van der Waals surface area contributed by atoms with Crippen molar-refractivity contribution >= 4 is 5.96 Å². The second-order valence-corrected chi connectivity index (χ2v) is 7.66. The van der Waals surface area contributed by atoms with Crippen LogP contribution in [0.5, 0.6) is 0 Å². The summed E-state index contributed by atoms with van der Waals surface area (Å²) in [5.41, 5.74) is 4.13. The van der Waals surface area contributed by atoms with Crippen LogP contribution in [0.3, 0.4) is 0 Å². The van der Waals surface area contributed by atoms with E-state index in [2.05, 4.69) is 72.7 Å². The molecule has 5 nitrogen and oxygen atoms in total. The number of aryl methyl sites for hydroxylation is 1. The van der Waals surface area contributed by atoms with Gasteiger partial charge in [0.15, 0.2) is 5.96 Å². The third-order valence-electron chi connectivity index (χ3n) is 4.30. The Morgan fingerprint density at radius 2 is 1.81 bits per heavy atom. The second kappa shape index (κ2) is 9.41. The van der Waals surface area contributed by atoms with Crippen molar-refractivity contribution < 1.29 is 0 Å². The molecule has 5 heteroatoms. The van der Waals surface area contributed by atoms with E-state index < -0.39 is 0 Å². The first-order chi connectivity index (χ1) is 12.4. The molecule has 0 fully saturated rings. The van der Waals surface area contributed by atoms with Gasteiger partial charge in [-0.1, -0.05) is 45.0 Å². The number of rotatable bonds is 7. The third-order valence-corrected chi connectivity index (χ3v) is 4.30. The minimum Gasteiger partial charge on any atom is -0.357 e. The van der Waals surface area contributed by atoms with Crippen LogP contribution in [0.25, 0.3) is 0 Å². The Balaban J connectivity index is 1.82. The van der Waals surface area contributed by atoms with Gasteiger partial charge >= 0.3 is 0 Å². The van der Waals surface area contributed by atoms with Crippen LogP contribution in [0.2, 0.25) is 0 Å². The zero-order valence-electron chi connectivity index (χ0n) is 16.8. The van der Waals surface area contributed by atoms with Crippen LogP contribution >= 0.6 is 0 Å². The molecule has 2 rings (SSSR count). The van der Waals surface area contributed by atoms with E-state index in [9.17, 15) is 0 Å². The summed E-state index contributed by atoms with van der Waals surface area (Å²) < 4.78 is 1.83. The Kier molecular flexibility index (Phi) is 7.25. The summed E-state index contributed by atoms with van der Waals surface area (Å²) in [5.74, 6) is 0.878. The van der Waals surface area contributed by atoms with Crippen LogP contribution in [0, 0.1) is 0 Å². The highest BCUT2D eigenvalue weighted by atomic mass is 15.2. The van der Waals surface area contributed by atoms with Crippen molar-refractivity contribution in [3.8, 4) is 0 Å². The Morgan fingerprint density at radius 3 is 2.38 bits per heavy atom. The lowest BCUT2D eigenvalue weighted by molar-refractivity contribution is 0.590. The lowest BCUT2D eigenvalue weighted by Gasteiger charge is -2.19. The summed E-state index contributed by atoms with van der Waals surface area (Å²) in [5, 5.41) is 10.9. The predicted octanol–water partition coefficient (Wildman–Crippen LogP) is 3.06. The van der Waals surface area contributed by atoms with Crippen LogP contribution < -0.4 is 10.6 Å². The molecule has 0 spiro atoms. The number of hydrogen-bond donors (Lipinski definition) is 2. The molecule has 0 radical (unpaired) electrons. The van der Waals surface area contributed by atoms with E-state index in [0.717, 1.165) is 38.4 Å². The van der Waals surface area contributed by atoms with Gasteiger partial charge in [-0.3, -0.25) is 9.67 Å². The van der Waals surface area contributed by atoms with Crippen LogP contribution in [-0.2, 0) is 25.3 Å². The number of aromatic nitrogens is 2. The number of nitrogens with zero attached hydrogens (tertiary/aromatic N) is 3. The monoisotopic (exact) mass is 355 g/mol. The molecule has 0 saturated heterocycles. The summed E-state index contributed by atoms with van der Waals surface area (Å²) in [6.07, 6.45) is 5.84. The van der Waals surface area contributed by atoms with E-state index in [0.29, 0.717) is 0 Å². The molecule has 1 aromatic carbocycles. The molecule has 2 aromatic rings. The van der Waals surface area contributed by atoms with Gasteiger partial charge < -0.3 is 10.6 Å². The maximum absolute atomic E-state index is 4.69. The van der Waals surface area contributed by atoms with E-state index in [1.807, 2.05) is 24.1 Å². The molecule has 0 bridgehead atoms. The largest absolute Gasteiger partial charge is 0.357 e. The lowest BCUT2D eigenvalue weighted by atomic mass is 9.86. The Morgan fingerprint density at radius 1 is 1.08 bits per heavy atom. The van der Waals surface area contributed by atoms with Gasteiger partial charge in [-0.05, 0) is 41.9 Å². The van der Waals surface area contributed by atoms with E-state index in [1.54, 1.807) is 0 Å². The number of aliphatic imine (C=N–C) groups is 1. The molecule has 0 saturated carbocycles. The molecule has 0 aliphatic heterocycles. The summed E-state index contributed by atoms with van der Waals surface area (Å²) in [6, 6.07) is 8.91. The summed E-state index contributed by atoms with van der Waals surface area (Å²) >= 11 is 0.